The van der Waals surface area contributed by atoms with Gasteiger partial charge in [0.05, 0.1) is 6.61 Å². The normalized spacial score (nSPS) is 21.4. The van der Waals surface area contributed by atoms with Gasteiger partial charge in [0.1, 0.15) is 24.1 Å². The Morgan fingerprint density at radius 1 is 1.32 bits per heavy atom. The zero-order valence-corrected chi connectivity index (χ0v) is 13.7. The van der Waals surface area contributed by atoms with Gasteiger partial charge in [-0.3, -0.25) is 4.79 Å². The van der Waals surface area contributed by atoms with E-state index in [9.17, 15) is 10.0 Å². The lowest BCUT2D eigenvalue weighted by Gasteiger charge is -2.23. The Hall–Kier alpha value is -2.51. The molecule has 0 radical (unpaired) electrons. The molecule has 1 atom stereocenters. The van der Waals surface area contributed by atoms with Crippen LogP contribution >= 0.6 is 0 Å². The first-order valence-corrected chi connectivity index (χ1v) is 8.43. The Balaban J connectivity index is 1.39. The van der Waals surface area contributed by atoms with E-state index < -0.39 is 0 Å². The van der Waals surface area contributed by atoms with Crippen molar-refractivity contribution in [3.8, 4) is 11.5 Å². The van der Waals surface area contributed by atoms with Crippen LogP contribution in [0.25, 0.3) is 0 Å². The van der Waals surface area contributed by atoms with E-state index in [2.05, 4.69) is 5.32 Å². The van der Waals surface area contributed by atoms with Gasteiger partial charge in [0.25, 0.3) is 5.91 Å². The van der Waals surface area contributed by atoms with Gasteiger partial charge in [-0.15, -0.1) is 0 Å². The van der Waals surface area contributed by atoms with Gasteiger partial charge in [-0.1, -0.05) is 6.07 Å². The number of fused-ring (bicyclic) bond motifs is 1. The fraction of sp³-hybridized carbons (Fsp3) is 0.389. The van der Waals surface area contributed by atoms with Crippen LogP contribution in [-0.4, -0.2) is 25.9 Å². The van der Waals surface area contributed by atoms with E-state index in [1.165, 1.54) is 19.0 Å². The third-order valence-electron chi connectivity index (χ3n) is 4.37. The molecule has 1 fully saturated rings. The minimum absolute atomic E-state index is 0.0907. The molecule has 2 N–H and O–H groups in total. The molecule has 132 valence electrons. The third-order valence-corrected chi connectivity index (χ3v) is 4.37. The minimum atomic E-state index is -0.312. The quantitative estimate of drug-likeness (QED) is 0.739. The zero-order chi connectivity index (χ0) is 17.2. The summed E-state index contributed by atoms with van der Waals surface area (Å²) >= 11 is 0. The largest absolute Gasteiger partial charge is 0.629 e. The summed E-state index contributed by atoms with van der Waals surface area (Å²) < 4.78 is 16.3. The molecule has 7 heteroatoms. The van der Waals surface area contributed by atoms with Crippen molar-refractivity contribution in [2.45, 2.75) is 19.4 Å². The number of carbonyl (C=O) groups excluding carboxylic acids is 1. The molecule has 0 bridgehead atoms. The topological polar surface area (TPSA) is 84.3 Å². The van der Waals surface area contributed by atoms with Crippen molar-refractivity contribution >= 4 is 5.91 Å². The summed E-state index contributed by atoms with van der Waals surface area (Å²) in [6.45, 7) is 1.43. The first-order valence-electron chi connectivity index (χ1n) is 8.43. The molecule has 1 aromatic carbocycles. The SMILES string of the molecule is O=C(NCc1ccc2c(c1)OCO2)C1=C[NH+]([O-])CC=C1OCC1CC1. The van der Waals surface area contributed by atoms with Crippen LogP contribution in [0.15, 0.2) is 41.8 Å². The van der Waals surface area contributed by atoms with Crippen LogP contribution in [0.2, 0.25) is 0 Å². The first kappa shape index (κ1) is 16.0. The fourth-order valence-electron chi connectivity index (χ4n) is 2.73. The van der Waals surface area contributed by atoms with Gasteiger partial charge in [-0.2, -0.15) is 0 Å². The van der Waals surface area contributed by atoms with Crippen LogP contribution < -0.4 is 19.9 Å². The van der Waals surface area contributed by atoms with Gasteiger partial charge in [0.2, 0.25) is 6.79 Å². The Morgan fingerprint density at radius 2 is 2.16 bits per heavy atom. The number of ether oxygens (including phenoxy) is 3. The Morgan fingerprint density at radius 3 is 3.00 bits per heavy atom. The van der Waals surface area contributed by atoms with Crippen LogP contribution in [0, 0.1) is 11.1 Å². The van der Waals surface area contributed by atoms with Gasteiger partial charge >= 0.3 is 0 Å². The van der Waals surface area contributed by atoms with E-state index >= 15 is 0 Å². The van der Waals surface area contributed by atoms with E-state index in [-0.39, 0.29) is 24.3 Å². The number of rotatable bonds is 6. The third kappa shape index (κ3) is 3.78. The standard InChI is InChI=1S/C18H20N2O5/c21-18(19-8-13-3-4-16-17(7-13)25-11-24-16)14-9-20(22)6-5-15(14)23-10-12-1-2-12/h3-5,7,9,12,20H,1-2,6,8,10-11H2,(H,19,21). The highest BCUT2D eigenvalue weighted by atomic mass is 16.7. The van der Waals surface area contributed by atoms with E-state index in [4.69, 9.17) is 14.2 Å². The minimum Gasteiger partial charge on any atom is -0.629 e. The Kier molecular flexibility index (Phi) is 4.33. The summed E-state index contributed by atoms with van der Waals surface area (Å²) in [5.74, 6) is 2.15. The predicted molar refractivity (Wildman–Crippen MR) is 88.5 cm³/mol. The van der Waals surface area contributed by atoms with E-state index in [1.807, 2.05) is 18.2 Å². The number of nitrogens with one attached hydrogen (secondary N) is 2. The average molecular weight is 344 g/mol. The summed E-state index contributed by atoms with van der Waals surface area (Å²) in [6.07, 6.45) is 5.40. The zero-order valence-electron chi connectivity index (χ0n) is 13.7. The smallest absolute Gasteiger partial charge is 0.260 e. The highest BCUT2D eigenvalue weighted by molar-refractivity contribution is 5.97. The first-order chi connectivity index (χ1) is 12.2. The lowest BCUT2D eigenvalue weighted by molar-refractivity contribution is -0.785. The lowest BCUT2D eigenvalue weighted by atomic mass is 10.1. The van der Waals surface area contributed by atoms with E-state index in [0.717, 1.165) is 5.56 Å². The molecule has 0 aromatic heterocycles. The van der Waals surface area contributed by atoms with Crippen LogP contribution in [0.1, 0.15) is 18.4 Å². The molecule has 7 nitrogen and oxygen atoms in total. The predicted octanol–water partition coefficient (Wildman–Crippen LogP) is 0.622. The van der Waals surface area contributed by atoms with Crippen molar-refractivity contribution in [2.24, 2.45) is 5.92 Å². The fourth-order valence-corrected chi connectivity index (χ4v) is 2.73. The van der Waals surface area contributed by atoms with Gasteiger partial charge in [0.15, 0.2) is 11.5 Å². The Bertz CT molecular complexity index is 739. The highest BCUT2D eigenvalue weighted by Crippen LogP contribution is 2.32. The maximum atomic E-state index is 12.5. The average Bonchev–Trinajstić information content (AvgIpc) is 3.33. The number of hydrogen-bond donors (Lipinski definition) is 2. The van der Waals surface area contributed by atoms with Crippen LogP contribution in [-0.2, 0) is 16.1 Å². The van der Waals surface area contributed by atoms with Gasteiger partial charge in [-0.25, -0.2) is 0 Å². The van der Waals surface area contributed by atoms with Crippen molar-refractivity contribution < 1.29 is 24.1 Å². The summed E-state index contributed by atoms with van der Waals surface area (Å²) in [6, 6.07) is 5.52. The Labute approximate surface area is 145 Å². The molecule has 3 aliphatic rings. The molecule has 2 heterocycles. The van der Waals surface area contributed by atoms with Crippen LogP contribution in [0.3, 0.4) is 0 Å². The van der Waals surface area contributed by atoms with Gasteiger partial charge < -0.3 is 29.8 Å². The second kappa shape index (κ2) is 6.78. The molecular weight excluding hydrogens is 324 g/mol. The van der Waals surface area contributed by atoms with E-state index in [0.29, 0.717) is 41.9 Å². The summed E-state index contributed by atoms with van der Waals surface area (Å²) in [4.78, 5) is 12.5. The molecule has 1 amide bonds. The second-order valence-corrected chi connectivity index (χ2v) is 6.42. The number of hydroxylamine groups is 2. The van der Waals surface area contributed by atoms with Crippen molar-refractivity contribution in [2.75, 3.05) is 19.9 Å². The monoisotopic (exact) mass is 344 g/mol. The molecule has 0 spiro atoms. The van der Waals surface area contributed by atoms with E-state index in [1.54, 1.807) is 6.08 Å². The maximum absolute atomic E-state index is 12.5. The maximum Gasteiger partial charge on any atom is 0.260 e. The summed E-state index contributed by atoms with van der Waals surface area (Å²) in [5.41, 5.74) is 1.20. The second-order valence-electron chi connectivity index (χ2n) is 6.42. The number of quaternary nitrogens is 1. The number of hydrogen-bond acceptors (Lipinski definition) is 5. The van der Waals surface area contributed by atoms with Crippen molar-refractivity contribution in [1.82, 2.24) is 5.32 Å². The number of amides is 1. The molecule has 1 unspecified atom stereocenters. The highest BCUT2D eigenvalue weighted by Gasteiger charge is 2.26. The lowest BCUT2D eigenvalue weighted by Crippen LogP contribution is -3.02. The molecule has 0 saturated heterocycles. The summed E-state index contributed by atoms with van der Waals surface area (Å²) in [5, 5.41) is 14.4. The molecule has 25 heavy (non-hydrogen) atoms. The van der Waals surface area contributed by atoms with Crippen LogP contribution in [0.5, 0.6) is 11.5 Å². The molecule has 1 saturated carbocycles. The van der Waals surface area contributed by atoms with Gasteiger partial charge in [0, 0.05) is 12.6 Å². The van der Waals surface area contributed by atoms with Crippen LogP contribution in [0.4, 0.5) is 0 Å². The molecular formula is C18H20N2O5. The molecule has 4 rings (SSSR count). The molecule has 1 aromatic rings. The number of carbonyl (C=O) groups is 1. The molecule has 2 aliphatic heterocycles. The van der Waals surface area contributed by atoms with Gasteiger partial charge in [-0.05, 0) is 36.5 Å². The summed E-state index contributed by atoms with van der Waals surface area (Å²) in [7, 11) is 0. The van der Waals surface area contributed by atoms with Crippen molar-refractivity contribution in [3.63, 3.8) is 0 Å². The van der Waals surface area contributed by atoms with Crippen molar-refractivity contribution in [1.29, 1.82) is 0 Å². The number of benzene rings is 1. The molecule has 1 aliphatic carbocycles. The van der Waals surface area contributed by atoms with Crippen molar-refractivity contribution in [3.05, 3.63) is 52.6 Å².